The summed E-state index contributed by atoms with van der Waals surface area (Å²) < 4.78 is 12.6. The SMILES string of the molecule is CC(C)n1ncc2cc(NC(=S)NCc3ccc4c(c3)OCO4)cnc21. The minimum atomic E-state index is 0.267. The van der Waals surface area contributed by atoms with E-state index in [-0.39, 0.29) is 12.8 Å². The normalized spacial score (nSPS) is 12.6. The summed E-state index contributed by atoms with van der Waals surface area (Å²) in [4.78, 5) is 4.49. The van der Waals surface area contributed by atoms with Gasteiger partial charge in [-0.1, -0.05) is 6.07 Å². The third-order valence-corrected chi connectivity index (χ3v) is 4.32. The Bertz CT molecular complexity index is 969. The van der Waals surface area contributed by atoms with Gasteiger partial charge in [0.15, 0.2) is 22.3 Å². The molecule has 1 aliphatic rings. The van der Waals surface area contributed by atoms with Crippen molar-refractivity contribution >= 4 is 34.1 Å². The number of rotatable bonds is 4. The average Bonchev–Trinajstić information content (AvgIpc) is 3.25. The first kappa shape index (κ1) is 16.6. The van der Waals surface area contributed by atoms with Gasteiger partial charge in [0, 0.05) is 18.0 Å². The van der Waals surface area contributed by atoms with Gasteiger partial charge >= 0.3 is 0 Å². The Labute approximate surface area is 156 Å². The van der Waals surface area contributed by atoms with Crippen LogP contribution in [-0.4, -0.2) is 26.7 Å². The fraction of sp³-hybridized carbons (Fsp3) is 0.278. The second kappa shape index (κ2) is 6.80. The Kier molecular flexibility index (Phi) is 4.34. The van der Waals surface area contributed by atoms with Crippen molar-refractivity contribution in [1.82, 2.24) is 20.1 Å². The zero-order valence-corrected chi connectivity index (χ0v) is 15.3. The molecule has 3 aromatic rings. The maximum atomic E-state index is 5.39. The molecule has 0 fully saturated rings. The van der Waals surface area contributed by atoms with E-state index in [0.29, 0.717) is 11.7 Å². The Morgan fingerprint density at radius 1 is 1.23 bits per heavy atom. The molecule has 2 N–H and O–H groups in total. The highest BCUT2D eigenvalue weighted by Gasteiger charge is 2.13. The van der Waals surface area contributed by atoms with Crippen LogP contribution in [0.5, 0.6) is 11.5 Å². The molecule has 1 aromatic carbocycles. The number of thiocarbonyl (C=S) groups is 1. The van der Waals surface area contributed by atoms with Gasteiger partial charge in [-0.2, -0.15) is 5.10 Å². The van der Waals surface area contributed by atoms with Crippen LogP contribution in [0.4, 0.5) is 5.69 Å². The van der Waals surface area contributed by atoms with E-state index in [2.05, 4.69) is 34.6 Å². The molecule has 7 nitrogen and oxygen atoms in total. The lowest BCUT2D eigenvalue weighted by Crippen LogP contribution is -2.27. The van der Waals surface area contributed by atoms with Crippen molar-refractivity contribution in [3.05, 3.63) is 42.2 Å². The van der Waals surface area contributed by atoms with Gasteiger partial charge in [0.1, 0.15) is 0 Å². The van der Waals surface area contributed by atoms with Crippen LogP contribution in [0.3, 0.4) is 0 Å². The first-order valence-electron chi connectivity index (χ1n) is 8.37. The summed E-state index contributed by atoms with van der Waals surface area (Å²) in [5.41, 5.74) is 2.75. The smallest absolute Gasteiger partial charge is 0.231 e. The molecule has 3 heterocycles. The third kappa shape index (κ3) is 3.28. The van der Waals surface area contributed by atoms with Crippen LogP contribution in [0.25, 0.3) is 11.0 Å². The molecule has 0 atom stereocenters. The van der Waals surface area contributed by atoms with Gasteiger partial charge in [-0.05, 0) is 49.8 Å². The van der Waals surface area contributed by atoms with Gasteiger partial charge in [0.2, 0.25) is 6.79 Å². The molecular formula is C18H19N5O2S. The fourth-order valence-electron chi connectivity index (χ4n) is 2.79. The fourth-order valence-corrected chi connectivity index (χ4v) is 2.98. The van der Waals surface area contributed by atoms with E-state index < -0.39 is 0 Å². The summed E-state index contributed by atoms with van der Waals surface area (Å²) in [6.45, 7) is 5.02. The van der Waals surface area contributed by atoms with Crippen molar-refractivity contribution in [2.75, 3.05) is 12.1 Å². The van der Waals surface area contributed by atoms with Gasteiger partial charge < -0.3 is 20.1 Å². The Balaban J connectivity index is 1.39. The molecule has 2 aromatic heterocycles. The molecule has 0 saturated heterocycles. The van der Waals surface area contributed by atoms with Crippen molar-refractivity contribution < 1.29 is 9.47 Å². The maximum Gasteiger partial charge on any atom is 0.231 e. The molecular weight excluding hydrogens is 350 g/mol. The second-order valence-electron chi connectivity index (χ2n) is 6.32. The molecule has 0 saturated carbocycles. The van der Waals surface area contributed by atoms with Crippen LogP contribution in [0.1, 0.15) is 25.5 Å². The van der Waals surface area contributed by atoms with Gasteiger partial charge in [-0.3, -0.25) is 0 Å². The lowest BCUT2D eigenvalue weighted by Gasteiger charge is -2.11. The van der Waals surface area contributed by atoms with E-state index in [4.69, 9.17) is 21.7 Å². The van der Waals surface area contributed by atoms with Crippen molar-refractivity contribution in [2.45, 2.75) is 26.4 Å². The summed E-state index contributed by atoms with van der Waals surface area (Å²) in [7, 11) is 0. The molecule has 0 amide bonds. The van der Waals surface area contributed by atoms with E-state index in [1.54, 1.807) is 6.20 Å². The Hall–Kier alpha value is -2.87. The van der Waals surface area contributed by atoms with Gasteiger partial charge in [0.25, 0.3) is 0 Å². The van der Waals surface area contributed by atoms with Crippen LogP contribution in [-0.2, 0) is 6.54 Å². The highest BCUT2D eigenvalue weighted by Crippen LogP contribution is 2.32. The van der Waals surface area contributed by atoms with Crippen LogP contribution < -0.4 is 20.1 Å². The van der Waals surface area contributed by atoms with Gasteiger partial charge in [-0.25, -0.2) is 9.67 Å². The number of nitrogens with one attached hydrogen (secondary N) is 2. The van der Waals surface area contributed by atoms with Crippen molar-refractivity contribution in [2.24, 2.45) is 0 Å². The topological polar surface area (TPSA) is 73.2 Å². The number of aromatic nitrogens is 3. The molecule has 0 bridgehead atoms. The predicted octanol–water partition coefficient (Wildman–Crippen LogP) is 3.23. The van der Waals surface area contributed by atoms with E-state index in [1.807, 2.05) is 35.1 Å². The average molecular weight is 369 g/mol. The van der Waals surface area contributed by atoms with Crippen LogP contribution >= 0.6 is 12.2 Å². The second-order valence-corrected chi connectivity index (χ2v) is 6.72. The molecule has 0 spiro atoms. The highest BCUT2D eigenvalue weighted by molar-refractivity contribution is 7.80. The van der Waals surface area contributed by atoms with E-state index in [0.717, 1.165) is 33.8 Å². The molecule has 4 rings (SSSR count). The standard InChI is InChI=1S/C18H19N5O2S/c1-11(2)23-17-13(8-21-23)6-14(9-19-17)22-18(26)20-7-12-3-4-15-16(5-12)25-10-24-15/h3-6,8-9,11H,7,10H2,1-2H3,(H2,20,22,26). The number of hydrogen-bond donors (Lipinski definition) is 2. The molecule has 8 heteroatoms. The van der Waals surface area contributed by atoms with Crippen molar-refractivity contribution in [3.63, 3.8) is 0 Å². The quantitative estimate of drug-likeness (QED) is 0.684. The molecule has 0 unspecified atom stereocenters. The minimum Gasteiger partial charge on any atom is -0.454 e. The Morgan fingerprint density at radius 3 is 2.92 bits per heavy atom. The zero-order chi connectivity index (χ0) is 18.1. The minimum absolute atomic E-state index is 0.267. The molecule has 0 radical (unpaired) electrons. The van der Waals surface area contributed by atoms with Crippen molar-refractivity contribution in [3.8, 4) is 11.5 Å². The molecule has 1 aliphatic heterocycles. The van der Waals surface area contributed by atoms with E-state index in [1.165, 1.54) is 0 Å². The summed E-state index contributed by atoms with van der Waals surface area (Å²) in [6.07, 6.45) is 3.58. The van der Waals surface area contributed by atoms with E-state index >= 15 is 0 Å². The first-order chi connectivity index (χ1) is 12.6. The monoisotopic (exact) mass is 369 g/mol. The lowest BCUT2D eigenvalue weighted by atomic mass is 10.2. The van der Waals surface area contributed by atoms with Crippen LogP contribution in [0, 0.1) is 0 Å². The number of anilines is 1. The number of ether oxygens (including phenoxy) is 2. The maximum absolute atomic E-state index is 5.39. The summed E-state index contributed by atoms with van der Waals surface area (Å²) in [5.74, 6) is 1.54. The van der Waals surface area contributed by atoms with Crippen LogP contribution in [0.15, 0.2) is 36.7 Å². The van der Waals surface area contributed by atoms with Gasteiger partial charge in [0.05, 0.1) is 18.1 Å². The zero-order valence-electron chi connectivity index (χ0n) is 14.5. The summed E-state index contributed by atoms with van der Waals surface area (Å²) in [5, 5.41) is 12.2. The molecule has 26 heavy (non-hydrogen) atoms. The number of benzene rings is 1. The van der Waals surface area contributed by atoms with Gasteiger partial charge in [-0.15, -0.1) is 0 Å². The number of hydrogen-bond acceptors (Lipinski definition) is 5. The summed E-state index contributed by atoms with van der Waals surface area (Å²) >= 11 is 5.38. The van der Waals surface area contributed by atoms with E-state index in [9.17, 15) is 0 Å². The third-order valence-electron chi connectivity index (χ3n) is 4.07. The molecule has 134 valence electrons. The van der Waals surface area contributed by atoms with Crippen LogP contribution in [0.2, 0.25) is 0 Å². The number of fused-ring (bicyclic) bond motifs is 2. The molecule has 0 aliphatic carbocycles. The highest BCUT2D eigenvalue weighted by atomic mass is 32.1. The first-order valence-corrected chi connectivity index (χ1v) is 8.77. The largest absolute Gasteiger partial charge is 0.454 e. The predicted molar refractivity (Wildman–Crippen MR) is 104 cm³/mol. The van der Waals surface area contributed by atoms with Crippen molar-refractivity contribution in [1.29, 1.82) is 0 Å². The number of nitrogens with zero attached hydrogens (tertiary/aromatic N) is 3. The number of pyridine rings is 1. The summed E-state index contributed by atoms with van der Waals surface area (Å²) in [6, 6.07) is 8.09. The Morgan fingerprint density at radius 2 is 2.08 bits per heavy atom. The lowest BCUT2D eigenvalue weighted by molar-refractivity contribution is 0.174.